The van der Waals surface area contributed by atoms with Gasteiger partial charge in [0.25, 0.3) is 0 Å². The van der Waals surface area contributed by atoms with E-state index in [0.717, 1.165) is 22.5 Å². The van der Waals surface area contributed by atoms with E-state index in [0.29, 0.717) is 16.9 Å². The lowest BCUT2D eigenvalue weighted by molar-refractivity contribution is 0.0931. The molecule has 1 atom stereocenters. The average molecular weight is 416 g/mol. The number of hydrogen-bond donors (Lipinski definition) is 0. The number of ether oxygens (including phenoxy) is 2. The molecular formula is C25H21FN2O3. The van der Waals surface area contributed by atoms with Crippen LogP contribution in [0.5, 0.6) is 11.5 Å². The van der Waals surface area contributed by atoms with Crippen molar-refractivity contribution in [1.82, 2.24) is 4.98 Å². The number of carbonyl (C=O) groups excluding carboxylic acids is 1. The van der Waals surface area contributed by atoms with Gasteiger partial charge in [-0.05, 0) is 56.7 Å². The van der Waals surface area contributed by atoms with Crippen molar-refractivity contribution in [2.45, 2.75) is 33.3 Å². The van der Waals surface area contributed by atoms with E-state index in [4.69, 9.17) is 14.7 Å². The minimum Gasteiger partial charge on any atom is -0.492 e. The van der Waals surface area contributed by atoms with Crippen molar-refractivity contribution in [3.05, 3.63) is 87.5 Å². The standard InChI is InChI=1S/C25H21FN2O3/c1-14-10-19(11-15(2)28-14)25(18-6-4-17(13-27)5-7-18)31-24-16(3)23-20(12-21(24)26)22(29)8-9-30-23/h4-7,10-12,25H,8-9H2,1-3H3/t25-/m1/s1. The predicted molar refractivity (Wildman–Crippen MR) is 113 cm³/mol. The number of fused-ring (bicyclic) bond motifs is 1. The lowest BCUT2D eigenvalue weighted by Crippen LogP contribution is -2.18. The molecule has 156 valence electrons. The first-order valence-corrected chi connectivity index (χ1v) is 9.98. The minimum atomic E-state index is -0.640. The molecule has 5 nitrogen and oxygen atoms in total. The van der Waals surface area contributed by atoms with Gasteiger partial charge in [0.2, 0.25) is 0 Å². The normalized spacial score (nSPS) is 13.7. The van der Waals surface area contributed by atoms with Crippen LogP contribution in [0.1, 0.15) is 56.5 Å². The van der Waals surface area contributed by atoms with Crippen molar-refractivity contribution < 1.29 is 18.7 Å². The van der Waals surface area contributed by atoms with Crippen LogP contribution in [0, 0.1) is 37.9 Å². The number of halogens is 1. The van der Waals surface area contributed by atoms with E-state index in [9.17, 15) is 4.79 Å². The first-order chi connectivity index (χ1) is 14.9. The summed E-state index contributed by atoms with van der Waals surface area (Å²) in [7, 11) is 0. The number of aromatic nitrogens is 1. The van der Waals surface area contributed by atoms with Crippen LogP contribution in [0.3, 0.4) is 0 Å². The third-order valence-corrected chi connectivity index (χ3v) is 5.27. The maximum Gasteiger partial charge on any atom is 0.170 e. The molecule has 0 spiro atoms. The largest absolute Gasteiger partial charge is 0.492 e. The van der Waals surface area contributed by atoms with Crippen molar-refractivity contribution in [2.24, 2.45) is 0 Å². The molecule has 1 aliphatic rings. The Morgan fingerprint density at radius 3 is 2.42 bits per heavy atom. The molecule has 2 aromatic carbocycles. The van der Waals surface area contributed by atoms with Crippen LogP contribution in [-0.4, -0.2) is 17.4 Å². The molecule has 0 amide bonds. The molecule has 6 heteroatoms. The summed E-state index contributed by atoms with van der Waals surface area (Å²) >= 11 is 0. The van der Waals surface area contributed by atoms with Gasteiger partial charge < -0.3 is 9.47 Å². The number of pyridine rings is 1. The van der Waals surface area contributed by atoms with Gasteiger partial charge in [-0.2, -0.15) is 5.26 Å². The molecule has 3 aromatic rings. The van der Waals surface area contributed by atoms with Gasteiger partial charge in [-0.15, -0.1) is 0 Å². The topological polar surface area (TPSA) is 72.2 Å². The second-order valence-electron chi connectivity index (χ2n) is 7.63. The van der Waals surface area contributed by atoms with E-state index in [-0.39, 0.29) is 30.1 Å². The number of nitriles is 1. The number of ketones is 1. The highest BCUT2D eigenvalue weighted by Crippen LogP contribution is 2.40. The van der Waals surface area contributed by atoms with Crippen LogP contribution in [0.2, 0.25) is 0 Å². The molecule has 1 aromatic heterocycles. The van der Waals surface area contributed by atoms with Gasteiger partial charge >= 0.3 is 0 Å². The van der Waals surface area contributed by atoms with E-state index in [1.807, 2.05) is 26.0 Å². The molecule has 0 N–H and O–H groups in total. The Labute approximate surface area is 180 Å². The van der Waals surface area contributed by atoms with Crippen molar-refractivity contribution in [3.63, 3.8) is 0 Å². The SMILES string of the molecule is Cc1cc([C@H](Oc2c(F)cc3c(c2C)OCCC3=O)c2ccc(C#N)cc2)cc(C)n1. The molecule has 0 saturated heterocycles. The maximum absolute atomic E-state index is 15.1. The number of carbonyl (C=O) groups is 1. The number of aryl methyl sites for hydroxylation is 2. The van der Waals surface area contributed by atoms with E-state index in [1.165, 1.54) is 6.07 Å². The second kappa shape index (κ2) is 8.19. The fourth-order valence-electron chi connectivity index (χ4n) is 3.86. The van der Waals surface area contributed by atoms with E-state index < -0.39 is 11.9 Å². The van der Waals surface area contributed by atoms with Crippen molar-refractivity contribution in [1.29, 1.82) is 5.26 Å². The van der Waals surface area contributed by atoms with Crippen LogP contribution in [0.15, 0.2) is 42.5 Å². The molecule has 0 saturated carbocycles. The number of Topliss-reactive ketones (excluding diaryl/α,β-unsaturated/α-hetero) is 1. The molecule has 4 rings (SSSR count). The molecule has 31 heavy (non-hydrogen) atoms. The number of hydrogen-bond acceptors (Lipinski definition) is 5. The van der Waals surface area contributed by atoms with Gasteiger partial charge in [0.1, 0.15) is 11.9 Å². The summed E-state index contributed by atoms with van der Waals surface area (Å²) in [5.41, 5.74) is 4.42. The van der Waals surface area contributed by atoms with Crippen LogP contribution >= 0.6 is 0 Å². The van der Waals surface area contributed by atoms with Crippen molar-refractivity contribution in [2.75, 3.05) is 6.61 Å². The first-order valence-electron chi connectivity index (χ1n) is 9.98. The summed E-state index contributed by atoms with van der Waals surface area (Å²) in [6, 6.07) is 14.1. The maximum atomic E-state index is 15.1. The monoisotopic (exact) mass is 416 g/mol. The van der Waals surface area contributed by atoms with Crippen LogP contribution in [0.25, 0.3) is 0 Å². The lowest BCUT2D eigenvalue weighted by atomic mass is 9.98. The lowest BCUT2D eigenvalue weighted by Gasteiger charge is -2.25. The molecule has 0 bridgehead atoms. The Hall–Kier alpha value is -3.72. The summed E-state index contributed by atoms with van der Waals surface area (Å²) in [4.78, 5) is 16.6. The zero-order chi connectivity index (χ0) is 22.1. The Kier molecular flexibility index (Phi) is 5.43. The zero-order valence-corrected chi connectivity index (χ0v) is 17.5. The fourth-order valence-corrected chi connectivity index (χ4v) is 3.86. The van der Waals surface area contributed by atoms with Gasteiger partial charge in [-0.1, -0.05) is 12.1 Å². The first kappa shape index (κ1) is 20.5. The quantitative estimate of drug-likeness (QED) is 0.588. The van der Waals surface area contributed by atoms with Crippen LogP contribution in [-0.2, 0) is 0 Å². The Balaban J connectivity index is 1.83. The molecule has 0 unspecified atom stereocenters. The Bertz CT molecular complexity index is 1190. The highest BCUT2D eigenvalue weighted by Gasteiger charge is 2.28. The predicted octanol–water partition coefficient (Wildman–Crippen LogP) is 5.15. The molecule has 1 aliphatic heterocycles. The minimum absolute atomic E-state index is 0.0370. The average Bonchev–Trinajstić information content (AvgIpc) is 2.74. The van der Waals surface area contributed by atoms with Gasteiger partial charge in [-0.25, -0.2) is 4.39 Å². The number of benzene rings is 2. The highest BCUT2D eigenvalue weighted by atomic mass is 19.1. The third-order valence-electron chi connectivity index (χ3n) is 5.27. The van der Waals surface area contributed by atoms with Crippen LogP contribution < -0.4 is 9.47 Å². The Morgan fingerprint density at radius 1 is 1.10 bits per heavy atom. The van der Waals surface area contributed by atoms with E-state index >= 15 is 4.39 Å². The summed E-state index contributed by atoms with van der Waals surface area (Å²) in [5, 5.41) is 9.12. The number of nitrogens with zero attached hydrogens (tertiary/aromatic N) is 2. The van der Waals surface area contributed by atoms with Crippen molar-refractivity contribution >= 4 is 5.78 Å². The molecular weight excluding hydrogens is 395 g/mol. The third kappa shape index (κ3) is 3.99. The molecule has 0 fully saturated rings. The summed E-state index contributed by atoms with van der Waals surface area (Å²) in [5.74, 6) is -0.349. The van der Waals surface area contributed by atoms with Crippen LogP contribution in [0.4, 0.5) is 4.39 Å². The summed E-state index contributed by atoms with van der Waals surface area (Å²) in [6.07, 6.45) is -0.408. The van der Waals surface area contributed by atoms with Crippen molar-refractivity contribution in [3.8, 4) is 17.6 Å². The molecule has 2 heterocycles. The Morgan fingerprint density at radius 2 is 1.77 bits per heavy atom. The molecule has 0 aliphatic carbocycles. The van der Waals surface area contributed by atoms with E-state index in [1.54, 1.807) is 31.2 Å². The zero-order valence-electron chi connectivity index (χ0n) is 17.5. The summed E-state index contributed by atoms with van der Waals surface area (Å²) < 4.78 is 27.0. The smallest absolute Gasteiger partial charge is 0.170 e. The second-order valence-corrected chi connectivity index (χ2v) is 7.63. The summed E-state index contributed by atoms with van der Waals surface area (Å²) in [6.45, 7) is 5.72. The molecule has 0 radical (unpaired) electrons. The van der Waals surface area contributed by atoms with E-state index in [2.05, 4.69) is 11.1 Å². The number of rotatable bonds is 4. The highest BCUT2D eigenvalue weighted by molar-refractivity contribution is 6.00. The van der Waals surface area contributed by atoms with Gasteiger partial charge in [0, 0.05) is 28.9 Å². The van der Waals surface area contributed by atoms with Gasteiger partial charge in [-0.3, -0.25) is 9.78 Å². The van der Waals surface area contributed by atoms with Gasteiger partial charge in [0.15, 0.2) is 17.3 Å². The fraction of sp³-hybridized carbons (Fsp3) is 0.240. The van der Waals surface area contributed by atoms with Gasteiger partial charge in [0.05, 0.1) is 23.8 Å².